The maximum Gasteiger partial charge on any atom is 0.416 e. The van der Waals surface area contributed by atoms with Crippen LogP contribution in [0.1, 0.15) is 58.9 Å². The van der Waals surface area contributed by atoms with Crippen molar-refractivity contribution in [3.8, 4) is 0 Å². The summed E-state index contributed by atoms with van der Waals surface area (Å²) in [7, 11) is 0. The highest BCUT2D eigenvalue weighted by molar-refractivity contribution is 14.1. The molecule has 0 radical (unpaired) electrons. The monoisotopic (exact) mass is 646 g/mol. The van der Waals surface area contributed by atoms with Gasteiger partial charge in [0.25, 0.3) is 0 Å². The van der Waals surface area contributed by atoms with Crippen LogP contribution in [0.15, 0.2) is 24.3 Å². The average molecular weight is 647 g/mol. The Bertz CT molecular complexity index is 941. The van der Waals surface area contributed by atoms with Crippen LogP contribution in [0, 0.1) is 11.8 Å². The summed E-state index contributed by atoms with van der Waals surface area (Å²) in [6.07, 6.45) is 1.04. The molecule has 0 aliphatic heterocycles. The maximum atomic E-state index is 13.1. The van der Waals surface area contributed by atoms with Gasteiger partial charge in [0, 0.05) is 18.7 Å². The number of halogens is 1. The molecular formula is C25H39IN6O6. The number of ether oxygens (including phenoxy) is 1. The third kappa shape index (κ3) is 13.4. The molecular weight excluding hydrogens is 607 g/mol. The van der Waals surface area contributed by atoms with E-state index in [1.165, 1.54) is 0 Å². The normalized spacial score (nSPS) is 12.3. The summed E-state index contributed by atoms with van der Waals surface area (Å²) in [5.41, 5.74) is 6.30. The van der Waals surface area contributed by atoms with Crippen molar-refractivity contribution in [3.05, 3.63) is 29.8 Å². The van der Waals surface area contributed by atoms with E-state index in [-0.39, 0.29) is 31.4 Å². The van der Waals surface area contributed by atoms with Gasteiger partial charge in [0.2, 0.25) is 17.7 Å². The maximum absolute atomic E-state index is 13.1. The van der Waals surface area contributed by atoms with Crippen molar-refractivity contribution in [1.29, 1.82) is 0 Å². The molecule has 212 valence electrons. The average Bonchev–Trinajstić information content (AvgIpc) is 2.86. The minimum absolute atomic E-state index is 0.0636. The highest BCUT2D eigenvalue weighted by Gasteiger charge is 2.28. The van der Waals surface area contributed by atoms with Crippen LogP contribution in [0.2, 0.25) is 0 Å². The second-order valence-corrected chi connectivity index (χ2v) is 10.1. The van der Waals surface area contributed by atoms with Gasteiger partial charge >= 0.3 is 12.1 Å². The summed E-state index contributed by atoms with van der Waals surface area (Å²) in [4.78, 5) is 60.8. The SMILES string of the molecule is CC(C)CCC(=O)N[C@H](C(=O)N[C@@H](CCCNC(N)=O)C(=O)Nc1ccc(COC(=O)NI)cc1)C(C)C. The number of urea groups is 1. The van der Waals surface area contributed by atoms with E-state index in [1.54, 1.807) is 47.1 Å². The van der Waals surface area contributed by atoms with E-state index in [9.17, 15) is 24.0 Å². The summed E-state index contributed by atoms with van der Waals surface area (Å²) in [5.74, 6) is -1.01. The van der Waals surface area contributed by atoms with Gasteiger partial charge in [-0.3, -0.25) is 17.9 Å². The van der Waals surface area contributed by atoms with Crippen LogP contribution in [0.5, 0.6) is 0 Å². The number of rotatable bonds is 15. The molecule has 2 atom stereocenters. The van der Waals surface area contributed by atoms with Crippen LogP contribution in [0.4, 0.5) is 15.3 Å². The summed E-state index contributed by atoms with van der Waals surface area (Å²) < 4.78 is 7.31. The number of anilines is 1. The Hall–Kier alpha value is -3.10. The Morgan fingerprint density at radius 2 is 1.61 bits per heavy atom. The fraction of sp³-hybridized carbons (Fsp3) is 0.560. The first-order valence-corrected chi connectivity index (χ1v) is 13.6. The molecule has 0 aliphatic rings. The van der Waals surface area contributed by atoms with Crippen LogP contribution in [0.25, 0.3) is 0 Å². The second kappa shape index (κ2) is 17.4. The third-order valence-corrected chi connectivity index (χ3v) is 5.93. The van der Waals surface area contributed by atoms with E-state index < -0.39 is 36.0 Å². The lowest BCUT2D eigenvalue weighted by molar-refractivity contribution is -0.132. The number of benzene rings is 1. The molecule has 0 unspecified atom stereocenters. The van der Waals surface area contributed by atoms with Crippen LogP contribution in [-0.4, -0.2) is 48.5 Å². The van der Waals surface area contributed by atoms with Gasteiger partial charge in [0.15, 0.2) is 0 Å². The minimum atomic E-state index is -0.929. The van der Waals surface area contributed by atoms with Crippen molar-refractivity contribution >= 4 is 58.4 Å². The van der Waals surface area contributed by atoms with Gasteiger partial charge in [0.1, 0.15) is 18.7 Å². The molecule has 13 heteroatoms. The van der Waals surface area contributed by atoms with Gasteiger partial charge < -0.3 is 31.7 Å². The number of hydrogen-bond acceptors (Lipinski definition) is 6. The molecule has 0 heterocycles. The van der Waals surface area contributed by atoms with Gasteiger partial charge in [-0.25, -0.2) is 9.59 Å². The topological polar surface area (TPSA) is 181 Å². The molecule has 0 bridgehead atoms. The van der Waals surface area contributed by atoms with E-state index in [4.69, 9.17) is 10.5 Å². The summed E-state index contributed by atoms with van der Waals surface area (Å²) in [5, 5.41) is 10.8. The Morgan fingerprint density at radius 3 is 2.16 bits per heavy atom. The van der Waals surface area contributed by atoms with Gasteiger partial charge in [-0.05, 0) is 48.8 Å². The first-order chi connectivity index (χ1) is 17.9. The van der Waals surface area contributed by atoms with Crippen molar-refractivity contribution in [3.63, 3.8) is 0 Å². The molecule has 6 amide bonds. The van der Waals surface area contributed by atoms with E-state index >= 15 is 0 Å². The third-order valence-electron chi connectivity index (χ3n) is 5.48. The Morgan fingerprint density at radius 1 is 0.947 bits per heavy atom. The highest BCUT2D eigenvalue weighted by Crippen LogP contribution is 2.13. The Balaban J connectivity index is 2.89. The molecule has 38 heavy (non-hydrogen) atoms. The lowest BCUT2D eigenvalue weighted by Crippen LogP contribution is -2.54. The number of carbonyl (C=O) groups excluding carboxylic acids is 5. The van der Waals surface area contributed by atoms with Crippen molar-refractivity contribution in [1.82, 2.24) is 19.5 Å². The van der Waals surface area contributed by atoms with E-state index in [1.807, 2.05) is 27.7 Å². The Kier molecular flexibility index (Phi) is 15.1. The fourth-order valence-electron chi connectivity index (χ4n) is 3.34. The predicted octanol–water partition coefficient (Wildman–Crippen LogP) is 2.71. The van der Waals surface area contributed by atoms with Crippen molar-refractivity contribution in [2.45, 2.75) is 72.1 Å². The van der Waals surface area contributed by atoms with Crippen molar-refractivity contribution < 1.29 is 28.7 Å². The highest BCUT2D eigenvalue weighted by atomic mass is 127. The fourth-order valence-corrected chi connectivity index (χ4v) is 3.49. The van der Waals surface area contributed by atoms with Gasteiger partial charge in [0.05, 0.1) is 22.9 Å². The van der Waals surface area contributed by atoms with Crippen LogP contribution in [0.3, 0.4) is 0 Å². The van der Waals surface area contributed by atoms with E-state index in [2.05, 4.69) is 24.8 Å². The van der Waals surface area contributed by atoms with Crippen LogP contribution in [-0.2, 0) is 25.7 Å². The standard InChI is InChI=1S/C25H39IN6O6/c1-15(2)7-12-20(33)31-21(16(3)4)23(35)30-19(6-5-13-28-24(27)36)22(34)29-18-10-8-17(9-11-18)14-38-25(37)32-26/h8-11,15-16,19,21H,5-7,12-14H2,1-4H3,(H,29,34)(H,30,35)(H,31,33)(H,32,37)(H3,27,28,36)/t19-,21-/m0/s1. The van der Waals surface area contributed by atoms with Gasteiger partial charge in [-0.1, -0.05) is 39.8 Å². The Labute approximate surface area is 237 Å². The number of carbonyl (C=O) groups is 5. The van der Waals surface area contributed by atoms with Crippen molar-refractivity contribution in [2.24, 2.45) is 17.6 Å². The first kappa shape index (κ1) is 32.9. The molecule has 0 fully saturated rings. The smallest absolute Gasteiger partial charge is 0.416 e. The number of nitrogens with one attached hydrogen (secondary N) is 5. The molecule has 0 aromatic heterocycles. The molecule has 0 aliphatic carbocycles. The summed E-state index contributed by atoms with van der Waals surface area (Å²) in [6.45, 7) is 7.95. The lowest BCUT2D eigenvalue weighted by atomic mass is 10.0. The van der Waals surface area contributed by atoms with Gasteiger partial charge in [-0.15, -0.1) is 0 Å². The summed E-state index contributed by atoms with van der Waals surface area (Å²) in [6, 6.07) is 4.27. The molecule has 1 aromatic carbocycles. The van der Waals surface area contributed by atoms with Crippen LogP contribution < -0.4 is 30.5 Å². The molecule has 0 saturated heterocycles. The quantitative estimate of drug-likeness (QED) is 0.0969. The van der Waals surface area contributed by atoms with Crippen molar-refractivity contribution in [2.75, 3.05) is 11.9 Å². The second-order valence-electron chi connectivity index (χ2n) is 9.57. The summed E-state index contributed by atoms with van der Waals surface area (Å²) >= 11 is 1.67. The van der Waals surface area contributed by atoms with Gasteiger partial charge in [-0.2, -0.15) is 0 Å². The largest absolute Gasteiger partial charge is 0.444 e. The minimum Gasteiger partial charge on any atom is -0.444 e. The predicted molar refractivity (Wildman–Crippen MR) is 152 cm³/mol. The number of hydrogen-bond donors (Lipinski definition) is 6. The number of nitrogens with two attached hydrogens (primary N) is 1. The lowest BCUT2D eigenvalue weighted by Gasteiger charge is -2.25. The number of amides is 6. The zero-order valence-electron chi connectivity index (χ0n) is 22.3. The molecule has 0 spiro atoms. The molecule has 1 aromatic rings. The van der Waals surface area contributed by atoms with Crippen LogP contribution >= 0.6 is 22.9 Å². The molecule has 7 N–H and O–H groups in total. The molecule has 12 nitrogen and oxygen atoms in total. The van der Waals surface area contributed by atoms with E-state index in [0.717, 1.165) is 5.56 Å². The van der Waals surface area contributed by atoms with E-state index in [0.29, 0.717) is 30.9 Å². The zero-order valence-corrected chi connectivity index (χ0v) is 24.4. The zero-order chi connectivity index (χ0) is 28.7. The number of primary amides is 1. The molecule has 1 rings (SSSR count). The first-order valence-electron chi connectivity index (χ1n) is 12.5. The molecule has 0 saturated carbocycles.